The second-order valence-corrected chi connectivity index (χ2v) is 6.58. The van der Waals surface area contributed by atoms with E-state index in [0.29, 0.717) is 11.5 Å². The van der Waals surface area contributed by atoms with Gasteiger partial charge in [0.2, 0.25) is 0 Å². The van der Waals surface area contributed by atoms with Crippen molar-refractivity contribution >= 4 is 29.2 Å². The van der Waals surface area contributed by atoms with Crippen molar-refractivity contribution in [2.75, 3.05) is 24.2 Å². The van der Waals surface area contributed by atoms with Crippen molar-refractivity contribution in [1.29, 1.82) is 0 Å². The van der Waals surface area contributed by atoms with Crippen molar-refractivity contribution in [3.63, 3.8) is 0 Å². The summed E-state index contributed by atoms with van der Waals surface area (Å²) in [6, 6.07) is 7.82. The van der Waals surface area contributed by atoms with Crippen LogP contribution in [-0.2, 0) is 19.2 Å². The van der Waals surface area contributed by atoms with E-state index < -0.39 is 17.8 Å². The smallest absolute Gasteiger partial charge is 0.333 e. The van der Waals surface area contributed by atoms with Gasteiger partial charge in [-0.2, -0.15) is 0 Å². The predicted octanol–water partition coefficient (Wildman–Crippen LogP) is 2.65. The van der Waals surface area contributed by atoms with E-state index in [1.807, 2.05) is 24.3 Å². The Morgan fingerprint density at radius 1 is 1.04 bits per heavy atom. The molecule has 0 atom stereocenters. The first-order chi connectivity index (χ1) is 12.5. The number of imide groups is 1. The number of nitrogens with zero attached hydrogens (tertiary/aromatic N) is 2. The van der Waals surface area contributed by atoms with Crippen molar-refractivity contribution in [3.8, 4) is 0 Å². The van der Waals surface area contributed by atoms with Gasteiger partial charge in [-0.15, -0.1) is 5.06 Å². The van der Waals surface area contributed by atoms with E-state index in [1.165, 1.54) is 0 Å². The minimum atomic E-state index is -0.517. The maximum absolute atomic E-state index is 11.7. The zero-order valence-corrected chi connectivity index (χ0v) is 15.3. The van der Waals surface area contributed by atoms with Crippen LogP contribution in [0.1, 0.15) is 51.4 Å². The van der Waals surface area contributed by atoms with Gasteiger partial charge < -0.3 is 15.5 Å². The summed E-state index contributed by atoms with van der Waals surface area (Å²) < 4.78 is 0. The van der Waals surface area contributed by atoms with Gasteiger partial charge in [0.05, 0.1) is 0 Å². The third-order valence-corrected chi connectivity index (χ3v) is 4.41. The molecule has 1 fully saturated rings. The molecule has 2 N–H and O–H groups in total. The van der Waals surface area contributed by atoms with Gasteiger partial charge in [0.1, 0.15) is 0 Å². The number of nitrogen functional groups attached to an aromatic ring is 1. The van der Waals surface area contributed by atoms with Gasteiger partial charge in [0.25, 0.3) is 11.8 Å². The van der Waals surface area contributed by atoms with Crippen molar-refractivity contribution in [2.45, 2.75) is 51.4 Å². The monoisotopic (exact) mass is 361 g/mol. The fraction of sp³-hybridized carbons (Fsp3) is 0.526. The molecule has 1 aromatic carbocycles. The normalized spacial score (nSPS) is 14.0. The van der Waals surface area contributed by atoms with Gasteiger partial charge >= 0.3 is 5.97 Å². The van der Waals surface area contributed by atoms with Crippen molar-refractivity contribution in [1.82, 2.24) is 5.06 Å². The largest absolute Gasteiger partial charge is 0.399 e. The second-order valence-electron chi connectivity index (χ2n) is 6.58. The average Bonchev–Trinajstić information content (AvgIpc) is 2.93. The van der Waals surface area contributed by atoms with Gasteiger partial charge in [-0.05, 0) is 37.1 Å². The van der Waals surface area contributed by atoms with E-state index in [9.17, 15) is 14.4 Å². The van der Waals surface area contributed by atoms with Crippen LogP contribution >= 0.6 is 0 Å². The Labute approximate surface area is 154 Å². The molecule has 0 spiro atoms. The standard InChI is InChI=1S/C19H27N3O4/c1-21(16-10-8-15(20)9-11-16)14-6-4-2-3-5-7-19(25)26-22-17(23)12-13-18(22)24/h8-11H,2-7,12-14,20H2,1H3. The van der Waals surface area contributed by atoms with Crippen LogP contribution in [0.25, 0.3) is 0 Å². The van der Waals surface area contributed by atoms with Gasteiger partial charge in [0, 0.05) is 44.2 Å². The SMILES string of the molecule is CN(CCCCCCCC(=O)ON1C(=O)CCC1=O)c1ccc(N)cc1. The summed E-state index contributed by atoms with van der Waals surface area (Å²) in [5, 5.41) is 0.607. The first-order valence-electron chi connectivity index (χ1n) is 9.10. The van der Waals surface area contributed by atoms with Crippen LogP contribution in [0.3, 0.4) is 0 Å². The number of hydroxylamine groups is 2. The number of nitrogens with two attached hydrogens (primary N) is 1. The lowest BCUT2D eigenvalue weighted by atomic mass is 10.1. The molecular weight excluding hydrogens is 334 g/mol. The van der Waals surface area contributed by atoms with Gasteiger partial charge in [-0.3, -0.25) is 9.59 Å². The Bertz CT molecular complexity index is 614. The number of carbonyl (C=O) groups excluding carboxylic acids is 3. The Morgan fingerprint density at radius 2 is 1.62 bits per heavy atom. The Kier molecular flexibility index (Phi) is 7.44. The summed E-state index contributed by atoms with van der Waals surface area (Å²) in [6.07, 6.45) is 5.27. The van der Waals surface area contributed by atoms with Gasteiger partial charge in [-0.25, -0.2) is 4.79 Å². The van der Waals surface area contributed by atoms with E-state index in [0.717, 1.165) is 43.6 Å². The van der Waals surface area contributed by atoms with Crippen molar-refractivity contribution in [3.05, 3.63) is 24.3 Å². The minimum Gasteiger partial charge on any atom is -0.399 e. The predicted molar refractivity (Wildman–Crippen MR) is 99.0 cm³/mol. The molecule has 0 saturated carbocycles. The van der Waals surface area contributed by atoms with Crippen LogP contribution in [0.15, 0.2) is 24.3 Å². The minimum absolute atomic E-state index is 0.122. The van der Waals surface area contributed by atoms with Crippen LogP contribution in [0.5, 0.6) is 0 Å². The molecule has 0 radical (unpaired) electrons. The third-order valence-electron chi connectivity index (χ3n) is 4.41. The maximum Gasteiger partial charge on any atom is 0.333 e. The number of amides is 2. The molecule has 7 heteroatoms. The molecule has 142 valence electrons. The van der Waals surface area contributed by atoms with Gasteiger partial charge in [-0.1, -0.05) is 19.3 Å². The zero-order chi connectivity index (χ0) is 18.9. The highest BCUT2D eigenvalue weighted by Crippen LogP contribution is 2.16. The highest BCUT2D eigenvalue weighted by Gasteiger charge is 2.32. The second kappa shape index (κ2) is 9.79. The van der Waals surface area contributed by atoms with Crippen LogP contribution in [0.2, 0.25) is 0 Å². The Hall–Kier alpha value is -2.57. The molecule has 0 aromatic heterocycles. The summed E-state index contributed by atoms with van der Waals surface area (Å²) in [6.45, 7) is 0.963. The highest BCUT2D eigenvalue weighted by molar-refractivity contribution is 6.01. The molecule has 1 aliphatic rings. The molecule has 1 aromatic rings. The summed E-state index contributed by atoms with van der Waals surface area (Å²) in [4.78, 5) is 41.4. The number of rotatable bonds is 10. The Balaban J connectivity index is 1.51. The van der Waals surface area contributed by atoms with E-state index in [1.54, 1.807) is 0 Å². The number of hydrogen-bond donors (Lipinski definition) is 1. The Morgan fingerprint density at radius 3 is 2.27 bits per heavy atom. The molecule has 2 amide bonds. The molecule has 0 bridgehead atoms. The van der Waals surface area contributed by atoms with Crippen molar-refractivity contribution < 1.29 is 19.2 Å². The molecule has 0 aliphatic carbocycles. The summed E-state index contributed by atoms with van der Waals surface area (Å²) >= 11 is 0. The van der Waals surface area contributed by atoms with E-state index in [2.05, 4.69) is 11.9 Å². The summed E-state index contributed by atoms with van der Waals surface area (Å²) in [5.74, 6) is -1.39. The number of unbranched alkanes of at least 4 members (excludes halogenated alkanes) is 4. The van der Waals surface area contributed by atoms with Crippen molar-refractivity contribution in [2.24, 2.45) is 0 Å². The first kappa shape index (κ1) is 19.8. The number of benzene rings is 1. The molecule has 2 rings (SSSR count). The number of anilines is 2. The van der Waals surface area contributed by atoms with E-state index >= 15 is 0 Å². The first-order valence-corrected chi connectivity index (χ1v) is 9.10. The van der Waals surface area contributed by atoms with Crippen LogP contribution in [-0.4, -0.2) is 36.4 Å². The van der Waals surface area contributed by atoms with Crippen LogP contribution in [0, 0.1) is 0 Å². The number of hydrogen-bond acceptors (Lipinski definition) is 6. The van der Waals surface area contributed by atoms with Gasteiger partial charge in [0.15, 0.2) is 0 Å². The number of carbonyl (C=O) groups is 3. The topological polar surface area (TPSA) is 92.9 Å². The van der Waals surface area contributed by atoms with Crippen LogP contribution in [0.4, 0.5) is 11.4 Å². The molecule has 1 saturated heterocycles. The lowest BCUT2D eigenvalue weighted by Gasteiger charge is -2.19. The molecule has 1 aliphatic heterocycles. The fourth-order valence-corrected chi connectivity index (χ4v) is 2.81. The summed E-state index contributed by atoms with van der Waals surface area (Å²) in [5.41, 5.74) is 7.60. The highest BCUT2D eigenvalue weighted by atomic mass is 16.7. The lowest BCUT2D eigenvalue weighted by Crippen LogP contribution is -2.31. The lowest BCUT2D eigenvalue weighted by molar-refractivity contribution is -0.197. The van der Waals surface area contributed by atoms with E-state index in [4.69, 9.17) is 10.6 Å². The molecular formula is C19H27N3O4. The molecule has 1 heterocycles. The molecule has 26 heavy (non-hydrogen) atoms. The summed E-state index contributed by atoms with van der Waals surface area (Å²) in [7, 11) is 2.06. The molecule has 0 unspecified atom stereocenters. The quantitative estimate of drug-likeness (QED) is 0.391. The van der Waals surface area contributed by atoms with E-state index in [-0.39, 0.29) is 19.3 Å². The maximum atomic E-state index is 11.7. The molecule has 7 nitrogen and oxygen atoms in total. The third kappa shape index (κ3) is 6.06. The zero-order valence-electron chi connectivity index (χ0n) is 15.3. The van der Waals surface area contributed by atoms with Crippen LogP contribution < -0.4 is 10.6 Å². The fourth-order valence-electron chi connectivity index (χ4n) is 2.81. The average molecular weight is 361 g/mol.